The highest BCUT2D eigenvalue weighted by atomic mass is 15.1. The van der Waals surface area contributed by atoms with Crippen molar-refractivity contribution in [2.24, 2.45) is 5.11 Å². The fourth-order valence-electron chi connectivity index (χ4n) is 1.54. The summed E-state index contributed by atoms with van der Waals surface area (Å²) >= 11 is 0. The van der Waals surface area contributed by atoms with Gasteiger partial charge in [-0.3, -0.25) is 0 Å². The van der Waals surface area contributed by atoms with E-state index in [2.05, 4.69) is 41.0 Å². The summed E-state index contributed by atoms with van der Waals surface area (Å²) in [7, 11) is 2.05. The maximum atomic E-state index is 8.14. The number of hydrogen-bond donors (Lipinski definition) is 0. The first-order valence-corrected chi connectivity index (χ1v) is 5.03. The Bertz CT molecular complexity index is 355. The molecular weight excluding hydrogens is 188 g/mol. The normalized spacial score (nSPS) is 9.47. The maximum absolute atomic E-state index is 8.14. The molecule has 0 aromatic heterocycles. The van der Waals surface area contributed by atoms with Gasteiger partial charge >= 0.3 is 0 Å². The van der Waals surface area contributed by atoms with Gasteiger partial charge in [0.1, 0.15) is 0 Å². The molecule has 0 bridgehead atoms. The average molecular weight is 204 g/mol. The molecule has 4 heteroatoms. The molecule has 0 spiro atoms. The van der Waals surface area contributed by atoms with E-state index < -0.39 is 0 Å². The highest BCUT2D eigenvalue weighted by Crippen LogP contribution is 2.17. The minimum Gasteiger partial charge on any atom is -0.374 e. The number of benzene rings is 1. The van der Waals surface area contributed by atoms with Gasteiger partial charge in [-0.1, -0.05) is 23.3 Å². The highest BCUT2D eigenvalue weighted by molar-refractivity contribution is 5.52. The summed E-state index contributed by atoms with van der Waals surface area (Å²) < 4.78 is 0. The van der Waals surface area contributed by atoms with Gasteiger partial charge in [0.15, 0.2) is 0 Å². The molecule has 15 heavy (non-hydrogen) atoms. The molecule has 0 heterocycles. The lowest BCUT2D eigenvalue weighted by atomic mass is 10.2. The summed E-state index contributed by atoms with van der Waals surface area (Å²) in [6, 6.07) is 8.26. The molecule has 0 aliphatic heterocycles. The van der Waals surface area contributed by atoms with Crippen molar-refractivity contribution in [2.45, 2.75) is 13.3 Å². The van der Waals surface area contributed by atoms with E-state index in [1.807, 2.05) is 12.1 Å². The summed E-state index contributed by atoms with van der Waals surface area (Å²) in [5.74, 6) is 0. The predicted octanol–water partition coefficient (Wildman–Crippen LogP) is 3.13. The lowest BCUT2D eigenvalue weighted by molar-refractivity contribution is 0.790. The first kappa shape index (κ1) is 11.4. The van der Waals surface area contributed by atoms with Crippen molar-refractivity contribution >= 4 is 5.69 Å². The zero-order valence-corrected chi connectivity index (χ0v) is 9.22. The molecule has 1 rings (SSSR count). The second-order valence-electron chi connectivity index (χ2n) is 3.52. The topological polar surface area (TPSA) is 52.0 Å². The fraction of sp³-hybridized carbons (Fsp3) is 0.455. The summed E-state index contributed by atoms with van der Waals surface area (Å²) in [5, 5.41) is 3.51. The van der Waals surface area contributed by atoms with Crippen LogP contribution < -0.4 is 4.90 Å². The summed E-state index contributed by atoms with van der Waals surface area (Å²) in [6.45, 7) is 3.57. The van der Waals surface area contributed by atoms with Crippen LogP contribution in [0.15, 0.2) is 29.4 Å². The monoisotopic (exact) mass is 204 g/mol. The van der Waals surface area contributed by atoms with Gasteiger partial charge in [-0.05, 0) is 30.5 Å². The molecule has 4 nitrogen and oxygen atoms in total. The lowest BCUT2D eigenvalue weighted by Crippen LogP contribution is -2.19. The van der Waals surface area contributed by atoms with Crippen molar-refractivity contribution in [3.63, 3.8) is 0 Å². The third kappa shape index (κ3) is 3.52. The van der Waals surface area contributed by atoms with Crippen LogP contribution >= 0.6 is 0 Å². The Morgan fingerprint density at radius 2 is 2.13 bits per heavy atom. The maximum Gasteiger partial charge on any atom is 0.0393 e. The number of anilines is 1. The van der Waals surface area contributed by atoms with Gasteiger partial charge in [0, 0.05) is 30.7 Å². The standard InChI is InChI=1S/C11H16N4/c1-10-6-3-4-7-11(10)15(2)9-5-8-13-14-12/h3-4,6-7H,5,8-9H2,1-2H3. The van der Waals surface area contributed by atoms with Crippen LogP contribution in [0, 0.1) is 6.92 Å². The molecule has 0 fully saturated rings. The summed E-state index contributed by atoms with van der Waals surface area (Å²) in [6.07, 6.45) is 0.884. The molecule has 0 aliphatic rings. The SMILES string of the molecule is Cc1ccccc1N(C)CCCN=[N+]=[N-]. The Morgan fingerprint density at radius 3 is 2.80 bits per heavy atom. The summed E-state index contributed by atoms with van der Waals surface area (Å²) in [4.78, 5) is 4.91. The molecule has 0 atom stereocenters. The van der Waals surface area contributed by atoms with Crippen LogP contribution in [0.1, 0.15) is 12.0 Å². The Kier molecular flexibility index (Phi) is 4.51. The lowest BCUT2D eigenvalue weighted by Gasteiger charge is -2.20. The third-order valence-electron chi connectivity index (χ3n) is 2.34. The van der Waals surface area contributed by atoms with Crippen LogP contribution in [-0.4, -0.2) is 20.1 Å². The van der Waals surface area contributed by atoms with E-state index in [0.717, 1.165) is 13.0 Å². The number of aryl methyl sites for hydroxylation is 1. The van der Waals surface area contributed by atoms with E-state index in [1.165, 1.54) is 11.3 Å². The van der Waals surface area contributed by atoms with Gasteiger partial charge in [0.05, 0.1) is 0 Å². The Labute approximate surface area is 90.1 Å². The van der Waals surface area contributed by atoms with Crippen molar-refractivity contribution in [3.8, 4) is 0 Å². The molecule has 0 radical (unpaired) electrons. The van der Waals surface area contributed by atoms with Crippen LogP contribution in [0.2, 0.25) is 0 Å². The number of nitrogens with zero attached hydrogens (tertiary/aromatic N) is 4. The van der Waals surface area contributed by atoms with Gasteiger partial charge in [-0.15, -0.1) is 0 Å². The van der Waals surface area contributed by atoms with Crippen molar-refractivity contribution in [3.05, 3.63) is 40.3 Å². The number of hydrogen-bond acceptors (Lipinski definition) is 2. The van der Waals surface area contributed by atoms with Crippen LogP contribution in [0.25, 0.3) is 10.4 Å². The molecule has 0 aliphatic carbocycles. The van der Waals surface area contributed by atoms with E-state index in [0.29, 0.717) is 6.54 Å². The van der Waals surface area contributed by atoms with E-state index in [1.54, 1.807) is 0 Å². The van der Waals surface area contributed by atoms with Crippen LogP contribution in [-0.2, 0) is 0 Å². The van der Waals surface area contributed by atoms with Crippen LogP contribution in [0.5, 0.6) is 0 Å². The zero-order valence-electron chi connectivity index (χ0n) is 9.22. The molecule has 0 saturated heterocycles. The minimum atomic E-state index is 0.562. The average Bonchev–Trinajstić information content (AvgIpc) is 2.25. The number of para-hydroxylation sites is 1. The van der Waals surface area contributed by atoms with Gasteiger partial charge in [0.2, 0.25) is 0 Å². The van der Waals surface area contributed by atoms with Gasteiger partial charge < -0.3 is 4.90 Å². The fourth-order valence-corrected chi connectivity index (χ4v) is 1.54. The van der Waals surface area contributed by atoms with Crippen LogP contribution in [0.3, 0.4) is 0 Å². The molecule has 0 amide bonds. The smallest absolute Gasteiger partial charge is 0.0393 e. The Morgan fingerprint density at radius 1 is 1.40 bits per heavy atom. The second-order valence-corrected chi connectivity index (χ2v) is 3.52. The third-order valence-corrected chi connectivity index (χ3v) is 2.34. The van der Waals surface area contributed by atoms with Crippen molar-refractivity contribution in [2.75, 3.05) is 25.0 Å². The molecule has 0 unspecified atom stereocenters. The van der Waals surface area contributed by atoms with Gasteiger partial charge in [-0.25, -0.2) is 0 Å². The Balaban J connectivity index is 2.50. The number of azide groups is 1. The molecule has 0 N–H and O–H groups in total. The van der Waals surface area contributed by atoms with Gasteiger partial charge in [-0.2, -0.15) is 0 Å². The van der Waals surface area contributed by atoms with Crippen molar-refractivity contribution < 1.29 is 0 Å². The zero-order chi connectivity index (χ0) is 11.1. The van der Waals surface area contributed by atoms with E-state index in [9.17, 15) is 0 Å². The van der Waals surface area contributed by atoms with Crippen molar-refractivity contribution in [1.29, 1.82) is 0 Å². The molecule has 80 valence electrons. The highest BCUT2D eigenvalue weighted by Gasteiger charge is 2.01. The van der Waals surface area contributed by atoms with E-state index in [4.69, 9.17) is 5.53 Å². The quantitative estimate of drug-likeness (QED) is 0.314. The molecule has 0 saturated carbocycles. The van der Waals surface area contributed by atoms with Crippen LogP contribution in [0.4, 0.5) is 5.69 Å². The molecule has 1 aromatic rings. The Hall–Kier alpha value is -1.67. The molecule has 1 aromatic carbocycles. The van der Waals surface area contributed by atoms with E-state index in [-0.39, 0.29) is 0 Å². The minimum absolute atomic E-state index is 0.562. The second kappa shape index (κ2) is 5.94. The molecular formula is C11H16N4. The summed E-state index contributed by atoms with van der Waals surface area (Å²) in [5.41, 5.74) is 10.6. The van der Waals surface area contributed by atoms with Crippen molar-refractivity contribution in [1.82, 2.24) is 0 Å². The first-order chi connectivity index (χ1) is 7.25. The van der Waals surface area contributed by atoms with E-state index >= 15 is 0 Å². The van der Waals surface area contributed by atoms with Gasteiger partial charge in [0.25, 0.3) is 0 Å². The predicted molar refractivity (Wildman–Crippen MR) is 63.1 cm³/mol. The largest absolute Gasteiger partial charge is 0.374 e. The number of rotatable bonds is 5. The first-order valence-electron chi connectivity index (χ1n) is 5.03.